The number of nitrogens with two attached hydrogens (primary N) is 2. The third-order valence-corrected chi connectivity index (χ3v) is 3.13. The summed E-state index contributed by atoms with van der Waals surface area (Å²) in [4.78, 5) is 4.00. The number of anilines is 2. The number of aliphatic hydroxyl groups is 1. The van der Waals surface area contributed by atoms with Crippen LogP contribution >= 0.6 is 0 Å². The van der Waals surface area contributed by atoms with Crippen molar-refractivity contribution in [1.29, 1.82) is 0 Å². The van der Waals surface area contributed by atoms with Gasteiger partial charge in [0.05, 0.1) is 12.8 Å². The number of aryl methyl sites for hydroxylation is 1. The van der Waals surface area contributed by atoms with E-state index in [9.17, 15) is 5.11 Å². The van der Waals surface area contributed by atoms with Gasteiger partial charge in [-0.15, -0.1) is 0 Å². The summed E-state index contributed by atoms with van der Waals surface area (Å²) in [5.74, 6) is 0.825. The average Bonchev–Trinajstić information content (AvgIpc) is 2.38. The molecule has 5 nitrogen and oxygen atoms in total. The Labute approximate surface area is 111 Å². The lowest BCUT2D eigenvalue weighted by Crippen LogP contribution is -2.10. The second-order valence-corrected chi connectivity index (χ2v) is 4.29. The van der Waals surface area contributed by atoms with E-state index in [0.717, 1.165) is 5.56 Å². The van der Waals surface area contributed by atoms with Crippen molar-refractivity contribution in [3.05, 3.63) is 47.2 Å². The first kappa shape index (κ1) is 13.2. The highest BCUT2D eigenvalue weighted by molar-refractivity contribution is 5.62. The van der Waals surface area contributed by atoms with Gasteiger partial charge in [-0.3, -0.25) is 0 Å². The molecule has 0 radical (unpaired) electrons. The molecule has 0 saturated carbocycles. The van der Waals surface area contributed by atoms with Crippen molar-refractivity contribution in [3.8, 4) is 5.75 Å². The molecule has 5 N–H and O–H groups in total. The number of nitrogen functional groups attached to an aromatic ring is 2. The number of methoxy groups -OCH3 is 1. The first-order valence-electron chi connectivity index (χ1n) is 5.87. The topological polar surface area (TPSA) is 94.4 Å². The number of rotatable bonds is 3. The molecular weight excluding hydrogens is 242 g/mol. The minimum Gasteiger partial charge on any atom is -0.495 e. The number of benzene rings is 1. The molecule has 2 aromatic rings. The average molecular weight is 259 g/mol. The van der Waals surface area contributed by atoms with Gasteiger partial charge in [0.2, 0.25) is 0 Å². The van der Waals surface area contributed by atoms with Gasteiger partial charge in [0.1, 0.15) is 17.7 Å². The molecule has 1 aromatic heterocycles. The van der Waals surface area contributed by atoms with E-state index in [0.29, 0.717) is 28.4 Å². The monoisotopic (exact) mass is 259 g/mol. The van der Waals surface area contributed by atoms with Crippen molar-refractivity contribution in [2.45, 2.75) is 13.0 Å². The molecule has 100 valence electrons. The zero-order valence-electron chi connectivity index (χ0n) is 10.9. The number of hydrogen-bond acceptors (Lipinski definition) is 5. The minimum absolute atomic E-state index is 0.301. The molecule has 0 spiro atoms. The van der Waals surface area contributed by atoms with Crippen LogP contribution in [0.4, 0.5) is 11.5 Å². The van der Waals surface area contributed by atoms with Crippen molar-refractivity contribution < 1.29 is 9.84 Å². The molecule has 2 rings (SSSR count). The van der Waals surface area contributed by atoms with Gasteiger partial charge in [-0.2, -0.15) is 0 Å². The molecule has 1 unspecified atom stereocenters. The van der Waals surface area contributed by atoms with Gasteiger partial charge in [0.25, 0.3) is 0 Å². The van der Waals surface area contributed by atoms with Crippen LogP contribution in [0.3, 0.4) is 0 Å². The summed E-state index contributed by atoms with van der Waals surface area (Å²) in [6.45, 7) is 1.87. The van der Waals surface area contributed by atoms with Crippen molar-refractivity contribution in [1.82, 2.24) is 4.98 Å². The molecule has 0 amide bonds. The number of pyridine rings is 1. The van der Waals surface area contributed by atoms with E-state index in [1.165, 1.54) is 7.11 Å². The first-order chi connectivity index (χ1) is 9.06. The number of aliphatic hydroxyl groups excluding tert-OH is 1. The highest BCUT2D eigenvalue weighted by atomic mass is 16.5. The zero-order valence-corrected chi connectivity index (χ0v) is 10.9. The zero-order chi connectivity index (χ0) is 14.0. The molecule has 0 aliphatic heterocycles. The quantitative estimate of drug-likeness (QED) is 0.728. The lowest BCUT2D eigenvalue weighted by molar-refractivity contribution is 0.220. The highest BCUT2D eigenvalue weighted by Gasteiger charge is 2.20. The Hall–Kier alpha value is -2.27. The minimum atomic E-state index is -0.927. The standard InChI is InChI=1S/C14H17N3O2/c1-8-6-7-17-14(16)11(8)13(18)9-4-3-5-10(19-2)12(9)15/h3-7,13,18H,15H2,1-2H3,(H2,16,17). The van der Waals surface area contributed by atoms with Crippen LogP contribution in [0, 0.1) is 6.92 Å². The van der Waals surface area contributed by atoms with E-state index in [2.05, 4.69) is 4.98 Å². The number of nitrogens with zero attached hydrogens (tertiary/aromatic N) is 1. The molecule has 0 fully saturated rings. The Balaban J connectivity index is 2.53. The predicted octanol–water partition coefficient (Wildman–Crippen LogP) is 1.64. The fourth-order valence-electron chi connectivity index (χ4n) is 2.08. The van der Waals surface area contributed by atoms with Crippen LogP contribution in [0.1, 0.15) is 22.8 Å². The Bertz CT molecular complexity index is 579. The van der Waals surface area contributed by atoms with Crippen molar-refractivity contribution in [2.24, 2.45) is 0 Å². The van der Waals surface area contributed by atoms with E-state index in [-0.39, 0.29) is 0 Å². The second kappa shape index (κ2) is 5.16. The fourth-order valence-corrected chi connectivity index (χ4v) is 2.08. The maximum atomic E-state index is 10.5. The van der Waals surface area contributed by atoms with Crippen molar-refractivity contribution in [3.63, 3.8) is 0 Å². The number of ether oxygens (including phenoxy) is 1. The lowest BCUT2D eigenvalue weighted by atomic mass is 9.97. The van der Waals surface area contributed by atoms with Gasteiger partial charge in [-0.1, -0.05) is 12.1 Å². The molecule has 1 aromatic carbocycles. The van der Waals surface area contributed by atoms with Gasteiger partial charge in [-0.25, -0.2) is 4.98 Å². The van der Waals surface area contributed by atoms with Crippen LogP contribution in [-0.4, -0.2) is 17.2 Å². The molecule has 0 aliphatic rings. The van der Waals surface area contributed by atoms with Crippen LogP contribution in [-0.2, 0) is 0 Å². The van der Waals surface area contributed by atoms with Gasteiger partial charge >= 0.3 is 0 Å². The summed E-state index contributed by atoms with van der Waals surface area (Å²) >= 11 is 0. The molecule has 1 heterocycles. The summed E-state index contributed by atoms with van der Waals surface area (Å²) < 4.78 is 5.15. The van der Waals surface area contributed by atoms with Crippen LogP contribution in [0.2, 0.25) is 0 Å². The number of hydrogen-bond donors (Lipinski definition) is 3. The normalized spacial score (nSPS) is 12.2. The van der Waals surface area contributed by atoms with Crippen LogP contribution in [0.15, 0.2) is 30.5 Å². The maximum absolute atomic E-state index is 10.5. The van der Waals surface area contributed by atoms with E-state index < -0.39 is 6.10 Å². The first-order valence-corrected chi connectivity index (χ1v) is 5.87. The Morgan fingerprint density at radius 3 is 2.63 bits per heavy atom. The molecule has 0 aliphatic carbocycles. The van der Waals surface area contributed by atoms with Gasteiger partial charge in [0.15, 0.2) is 0 Å². The molecule has 19 heavy (non-hydrogen) atoms. The van der Waals surface area contributed by atoms with E-state index >= 15 is 0 Å². The molecule has 0 bridgehead atoms. The van der Waals surface area contributed by atoms with Crippen LogP contribution in [0.5, 0.6) is 5.75 Å². The van der Waals surface area contributed by atoms with Gasteiger partial charge in [0, 0.05) is 17.3 Å². The fraction of sp³-hybridized carbons (Fsp3) is 0.214. The SMILES string of the molecule is COc1cccc(C(O)c2c(C)ccnc2N)c1N. The summed E-state index contributed by atoms with van der Waals surface area (Å²) in [6.07, 6.45) is 0.680. The third kappa shape index (κ3) is 2.32. The van der Waals surface area contributed by atoms with Crippen molar-refractivity contribution in [2.75, 3.05) is 18.6 Å². The van der Waals surface area contributed by atoms with E-state index in [1.54, 1.807) is 30.5 Å². The van der Waals surface area contributed by atoms with E-state index in [4.69, 9.17) is 16.2 Å². The number of aromatic nitrogens is 1. The molecular formula is C14H17N3O2. The third-order valence-electron chi connectivity index (χ3n) is 3.13. The van der Waals surface area contributed by atoms with Crippen LogP contribution < -0.4 is 16.2 Å². The summed E-state index contributed by atoms with van der Waals surface area (Å²) in [6, 6.07) is 7.06. The summed E-state index contributed by atoms with van der Waals surface area (Å²) in [5.41, 5.74) is 14.2. The molecule has 1 atom stereocenters. The lowest BCUT2D eigenvalue weighted by Gasteiger charge is -2.18. The van der Waals surface area contributed by atoms with Gasteiger partial charge < -0.3 is 21.3 Å². The van der Waals surface area contributed by atoms with Crippen molar-refractivity contribution >= 4 is 11.5 Å². The smallest absolute Gasteiger partial charge is 0.142 e. The largest absolute Gasteiger partial charge is 0.495 e. The Morgan fingerprint density at radius 2 is 2.00 bits per heavy atom. The van der Waals surface area contributed by atoms with Crippen LogP contribution in [0.25, 0.3) is 0 Å². The maximum Gasteiger partial charge on any atom is 0.142 e. The molecule has 0 saturated heterocycles. The van der Waals surface area contributed by atoms with E-state index in [1.807, 2.05) is 6.92 Å². The predicted molar refractivity (Wildman–Crippen MR) is 74.9 cm³/mol. The Morgan fingerprint density at radius 1 is 1.26 bits per heavy atom. The van der Waals surface area contributed by atoms with Gasteiger partial charge in [-0.05, 0) is 24.6 Å². The number of para-hydroxylation sites is 1. The highest BCUT2D eigenvalue weighted by Crippen LogP contribution is 2.35. The second-order valence-electron chi connectivity index (χ2n) is 4.29. The summed E-state index contributed by atoms with van der Waals surface area (Å²) in [5, 5.41) is 10.5. The Kier molecular flexibility index (Phi) is 3.57. The molecule has 5 heteroatoms. The summed E-state index contributed by atoms with van der Waals surface area (Å²) in [7, 11) is 1.53.